The van der Waals surface area contributed by atoms with Gasteiger partial charge in [0.05, 0.1) is 0 Å². The summed E-state index contributed by atoms with van der Waals surface area (Å²) in [6.07, 6.45) is 4.60. The third-order valence-electron chi connectivity index (χ3n) is 2.47. The number of anilines is 2. The molecule has 0 radical (unpaired) electrons. The molecule has 2 aromatic rings. The van der Waals surface area contributed by atoms with E-state index in [2.05, 4.69) is 20.6 Å². The van der Waals surface area contributed by atoms with Crippen molar-refractivity contribution in [1.82, 2.24) is 9.97 Å². The molecule has 0 fully saturated rings. The Morgan fingerprint density at radius 2 is 1.82 bits per heavy atom. The molecule has 0 bridgehead atoms. The topological polar surface area (TPSA) is 49.8 Å². The van der Waals surface area contributed by atoms with Crippen LogP contribution in [0.1, 0.15) is 5.56 Å². The lowest BCUT2D eigenvalue weighted by molar-refractivity contribution is 1.00. The summed E-state index contributed by atoms with van der Waals surface area (Å²) in [6.45, 7) is 0.865. The molecule has 0 unspecified atom stereocenters. The van der Waals surface area contributed by atoms with Gasteiger partial charge in [0.2, 0.25) is 0 Å². The Hall–Kier alpha value is -2.10. The molecule has 2 aromatic heterocycles. The average Bonchev–Trinajstić information content (AvgIpc) is 2.40. The van der Waals surface area contributed by atoms with Crippen LogP contribution in [0.5, 0.6) is 0 Å². The first-order valence-corrected chi connectivity index (χ1v) is 5.66. The molecule has 0 aromatic carbocycles. The molecule has 88 valence electrons. The van der Waals surface area contributed by atoms with Gasteiger partial charge in [0.25, 0.3) is 0 Å². The van der Waals surface area contributed by atoms with Gasteiger partial charge in [-0.05, 0) is 36.2 Å². The number of aromatic nitrogens is 2. The van der Waals surface area contributed by atoms with Crippen molar-refractivity contribution in [2.45, 2.75) is 6.42 Å². The Kier molecular flexibility index (Phi) is 3.91. The summed E-state index contributed by atoms with van der Waals surface area (Å²) < 4.78 is 0. The first kappa shape index (κ1) is 11.4. The van der Waals surface area contributed by atoms with Crippen LogP contribution in [-0.4, -0.2) is 23.6 Å². The van der Waals surface area contributed by atoms with Crippen LogP contribution in [0.3, 0.4) is 0 Å². The summed E-state index contributed by atoms with van der Waals surface area (Å²) in [5.41, 5.74) is 1.28. The van der Waals surface area contributed by atoms with Gasteiger partial charge in [-0.25, -0.2) is 4.98 Å². The van der Waals surface area contributed by atoms with Crippen LogP contribution in [0, 0.1) is 0 Å². The Balaban J connectivity index is 1.86. The summed E-state index contributed by atoms with van der Waals surface area (Å²) in [6, 6.07) is 9.94. The highest BCUT2D eigenvalue weighted by molar-refractivity contribution is 5.44. The lowest BCUT2D eigenvalue weighted by Gasteiger charge is -2.07. The van der Waals surface area contributed by atoms with E-state index in [9.17, 15) is 0 Å². The first-order valence-electron chi connectivity index (χ1n) is 5.66. The van der Waals surface area contributed by atoms with Gasteiger partial charge in [0.15, 0.2) is 0 Å². The number of hydrogen-bond donors (Lipinski definition) is 2. The van der Waals surface area contributed by atoms with E-state index in [-0.39, 0.29) is 0 Å². The molecule has 4 nitrogen and oxygen atoms in total. The molecule has 0 saturated carbocycles. The Labute approximate surface area is 101 Å². The predicted molar refractivity (Wildman–Crippen MR) is 70.2 cm³/mol. The molecule has 0 amide bonds. The van der Waals surface area contributed by atoms with Gasteiger partial charge in [-0.15, -0.1) is 0 Å². The second-order valence-corrected chi connectivity index (χ2v) is 3.69. The molecule has 0 aliphatic heterocycles. The second-order valence-electron chi connectivity index (χ2n) is 3.69. The minimum Gasteiger partial charge on any atom is -0.373 e. The Morgan fingerprint density at radius 1 is 1.06 bits per heavy atom. The smallest absolute Gasteiger partial charge is 0.128 e. The van der Waals surface area contributed by atoms with E-state index in [0.29, 0.717) is 0 Å². The fourth-order valence-corrected chi connectivity index (χ4v) is 1.56. The van der Waals surface area contributed by atoms with Crippen molar-refractivity contribution in [3.63, 3.8) is 0 Å². The fourth-order valence-electron chi connectivity index (χ4n) is 1.56. The third kappa shape index (κ3) is 3.45. The SMILES string of the molecule is CNc1cccc(NCCc2ccncc2)n1. The molecule has 2 rings (SSSR count). The van der Waals surface area contributed by atoms with Crippen LogP contribution in [0.25, 0.3) is 0 Å². The molecule has 0 atom stereocenters. The Morgan fingerprint density at radius 3 is 2.59 bits per heavy atom. The standard InChI is InChI=1S/C13H16N4/c1-14-12-3-2-4-13(17-12)16-10-7-11-5-8-15-9-6-11/h2-6,8-9H,7,10H2,1H3,(H2,14,16,17). The molecule has 0 aliphatic rings. The lowest BCUT2D eigenvalue weighted by atomic mass is 10.2. The maximum absolute atomic E-state index is 4.39. The quantitative estimate of drug-likeness (QED) is 0.823. The van der Waals surface area contributed by atoms with Crippen molar-refractivity contribution in [2.24, 2.45) is 0 Å². The average molecular weight is 228 g/mol. The van der Waals surface area contributed by atoms with Gasteiger partial charge >= 0.3 is 0 Å². The summed E-state index contributed by atoms with van der Waals surface area (Å²) in [5.74, 6) is 1.77. The van der Waals surface area contributed by atoms with Crippen molar-refractivity contribution in [3.8, 4) is 0 Å². The van der Waals surface area contributed by atoms with E-state index >= 15 is 0 Å². The third-order valence-corrected chi connectivity index (χ3v) is 2.47. The minimum absolute atomic E-state index is 0.865. The second kappa shape index (κ2) is 5.84. The van der Waals surface area contributed by atoms with Crippen molar-refractivity contribution in [3.05, 3.63) is 48.3 Å². The summed E-state index contributed by atoms with van der Waals surface area (Å²) in [5, 5.41) is 6.31. The molecule has 2 N–H and O–H groups in total. The molecule has 0 aliphatic carbocycles. The Bertz CT molecular complexity index is 456. The van der Waals surface area contributed by atoms with Crippen molar-refractivity contribution >= 4 is 11.6 Å². The molecule has 0 saturated heterocycles. The molecular weight excluding hydrogens is 212 g/mol. The van der Waals surface area contributed by atoms with Gasteiger partial charge in [0.1, 0.15) is 11.6 Å². The molecule has 4 heteroatoms. The number of rotatable bonds is 5. The van der Waals surface area contributed by atoms with Gasteiger partial charge in [-0.3, -0.25) is 4.98 Å². The van der Waals surface area contributed by atoms with Crippen LogP contribution in [-0.2, 0) is 6.42 Å². The van der Waals surface area contributed by atoms with E-state index in [4.69, 9.17) is 0 Å². The number of hydrogen-bond acceptors (Lipinski definition) is 4. The zero-order valence-corrected chi connectivity index (χ0v) is 9.85. The molecule has 0 spiro atoms. The first-order chi connectivity index (χ1) is 8.38. The summed E-state index contributed by atoms with van der Waals surface area (Å²) >= 11 is 0. The van der Waals surface area contributed by atoms with Crippen molar-refractivity contribution in [1.29, 1.82) is 0 Å². The minimum atomic E-state index is 0.865. The summed E-state index contributed by atoms with van der Waals surface area (Å²) in [4.78, 5) is 8.38. The van der Waals surface area contributed by atoms with Crippen molar-refractivity contribution in [2.75, 3.05) is 24.2 Å². The molecular formula is C13H16N4. The predicted octanol–water partition coefficient (Wildman–Crippen LogP) is 2.17. The van der Waals surface area contributed by atoms with E-state index in [1.165, 1.54) is 5.56 Å². The zero-order valence-electron chi connectivity index (χ0n) is 9.85. The van der Waals surface area contributed by atoms with E-state index in [1.54, 1.807) is 0 Å². The molecule has 17 heavy (non-hydrogen) atoms. The maximum Gasteiger partial charge on any atom is 0.128 e. The van der Waals surface area contributed by atoms with Crippen LogP contribution in [0.2, 0.25) is 0 Å². The van der Waals surface area contributed by atoms with E-state index < -0.39 is 0 Å². The highest BCUT2D eigenvalue weighted by Gasteiger charge is 1.96. The zero-order chi connectivity index (χ0) is 11.9. The highest BCUT2D eigenvalue weighted by Crippen LogP contribution is 2.08. The highest BCUT2D eigenvalue weighted by atomic mass is 15.0. The van der Waals surface area contributed by atoms with Crippen LogP contribution in [0.4, 0.5) is 11.6 Å². The van der Waals surface area contributed by atoms with Crippen LogP contribution < -0.4 is 10.6 Å². The number of nitrogens with one attached hydrogen (secondary N) is 2. The van der Waals surface area contributed by atoms with Gasteiger partial charge in [-0.1, -0.05) is 6.07 Å². The monoisotopic (exact) mass is 228 g/mol. The van der Waals surface area contributed by atoms with E-state index in [0.717, 1.165) is 24.6 Å². The van der Waals surface area contributed by atoms with Crippen LogP contribution in [0.15, 0.2) is 42.7 Å². The largest absolute Gasteiger partial charge is 0.373 e. The lowest BCUT2D eigenvalue weighted by Crippen LogP contribution is -2.07. The van der Waals surface area contributed by atoms with Crippen LogP contribution >= 0.6 is 0 Å². The summed E-state index contributed by atoms with van der Waals surface area (Å²) in [7, 11) is 1.86. The number of nitrogens with zero attached hydrogens (tertiary/aromatic N) is 2. The van der Waals surface area contributed by atoms with E-state index in [1.807, 2.05) is 49.8 Å². The number of pyridine rings is 2. The van der Waals surface area contributed by atoms with Gasteiger partial charge in [0, 0.05) is 26.0 Å². The van der Waals surface area contributed by atoms with Crippen molar-refractivity contribution < 1.29 is 0 Å². The fraction of sp³-hybridized carbons (Fsp3) is 0.231. The van der Waals surface area contributed by atoms with Gasteiger partial charge in [-0.2, -0.15) is 0 Å². The normalized spacial score (nSPS) is 9.94. The van der Waals surface area contributed by atoms with Gasteiger partial charge < -0.3 is 10.6 Å². The maximum atomic E-state index is 4.39. The molecule has 2 heterocycles.